The van der Waals surface area contributed by atoms with Crippen molar-refractivity contribution in [1.29, 1.82) is 0 Å². The van der Waals surface area contributed by atoms with Crippen molar-refractivity contribution >= 4 is 22.6 Å². The molecule has 3 nitrogen and oxygen atoms in total. The number of pyridine rings is 1. The van der Waals surface area contributed by atoms with Gasteiger partial charge in [0.2, 0.25) is 0 Å². The summed E-state index contributed by atoms with van der Waals surface area (Å²) in [6.45, 7) is 5.92. The number of hydrogen-bond acceptors (Lipinski definition) is 2. The maximum Gasteiger partial charge on any atom is 0.129 e. The smallest absolute Gasteiger partial charge is 0.129 e. The molecule has 1 aliphatic carbocycles. The van der Waals surface area contributed by atoms with E-state index in [1.54, 1.807) is 6.07 Å². The molecule has 1 heterocycles. The fourth-order valence-corrected chi connectivity index (χ4v) is 3.08. The molecule has 0 bridgehead atoms. The Kier molecular flexibility index (Phi) is 4.09. The van der Waals surface area contributed by atoms with Crippen LogP contribution in [0, 0.1) is 0 Å². The third kappa shape index (κ3) is 3.11. The molecule has 0 aromatic carbocycles. The molecule has 100 valence electrons. The molecular weight excluding hydrogens is 268 g/mol. The maximum atomic E-state index is 12.2. The Hall–Kier alpha value is -0.450. The van der Waals surface area contributed by atoms with Gasteiger partial charge in [-0.1, -0.05) is 17.7 Å². The first kappa shape index (κ1) is 14.0. The van der Waals surface area contributed by atoms with Crippen LogP contribution in [-0.2, 0) is 17.4 Å². The van der Waals surface area contributed by atoms with Gasteiger partial charge in [0.25, 0.3) is 0 Å². The first-order valence-corrected chi connectivity index (χ1v) is 7.74. The van der Waals surface area contributed by atoms with Gasteiger partial charge < -0.3 is 0 Å². The molecule has 0 radical (unpaired) electrons. The number of aromatic nitrogens is 1. The summed E-state index contributed by atoms with van der Waals surface area (Å²) in [7, 11) is -1.06. The van der Waals surface area contributed by atoms with Crippen LogP contribution in [0.25, 0.3) is 0 Å². The summed E-state index contributed by atoms with van der Waals surface area (Å²) in [6.07, 6.45) is 3.01. The summed E-state index contributed by atoms with van der Waals surface area (Å²) in [4.78, 5) is 4.36. The number of aryl methyl sites for hydroxylation is 1. The van der Waals surface area contributed by atoms with Gasteiger partial charge in [-0.2, -0.15) is 0 Å². The second-order valence-electron chi connectivity index (χ2n) is 5.61. The average Bonchev–Trinajstić information content (AvgIpc) is 2.27. The quantitative estimate of drug-likeness (QED) is 0.849. The topological polar surface area (TPSA) is 42.0 Å². The van der Waals surface area contributed by atoms with Crippen molar-refractivity contribution in [2.75, 3.05) is 0 Å². The predicted molar refractivity (Wildman–Crippen MR) is 76.0 cm³/mol. The van der Waals surface area contributed by atoms with Crippen LogP contribution in [0.2, 0.25) is 5.15 Å². The summed E-state index contributed by atoms with van der Waals surface area (Å²) in [5.41, 5.74) is 2.18. The molecule has 5 heteroatoms. The molecule has 1 N–H and O–H groups in total. The van der Waals surface area contributed by atoms with Crippen LogP contribution in [0.15, 0.2) is 12.1 Å². The van der Waals surface area contributed by atoms with Crippen molar-refractivity contribution < 1.29 is 4.21 Å². The lowest BCUT2D eigenvalue weighted by molar-refractivity contribution is 0.516. The van der Waals surface area contributed by atoms with Crippen molar-refractivity contribution in [1.82, 2.24) is 9.71 Å². The van der Waals surface area contributed by atoms with Crippen LogP contribution < -0.4 is 4.72 Å². The van der Waals surface area contributed by atoms with Gasteiger partial charge in [0, 0.05) is 11.7 Å². The van der Waals surface area contributed by atoms with Crippen LogP contribution in [0.3, 0.4) is 0 Å². The first-order chi connectivity index (χ1) is 8.38. The van der Waals surface area contributed by atoms with Crippen LogP contribution in [0.4, 0.5) is 0 Å². The Morgan fingerprint density at radius 3 is 2.83 bits per heavy atom. The van der Waals surface area contributed by atoms with Gasteiger partial charge in [-0.25, -0.2) is 13.9 Å². The minimum absolute atomic E-state index is 0.124. The minimum atomic E-state index is -1.06. The van der Waals surface area contributed by atoms with Crippen molar-refractivity contribution in [3.05, 3.63) is 28.5 Å². The second-order valence-corrected chi connectivity index (χ2v) is 8.00. The van der Waals surface area contributed by atoms with Gasteiger partial charge in [-0.15, -0.1) is 0 Å². The van der Waals surface area contributed by atoms with E-state index in [1.807, 2.05) is 26.8 Å². The number of rotatable bonds is 2. The van der Waals surface area contributed by atoms with Gasteiger partial charge in [-0.3, -0.25) is 0 Å². The molecule has 18 heavy (non-hydrogen) atoms. The first-order valence-electron chi connectivity index (χ1n) is 6.21. The lowest BCUT2D eigenvalue weighted by atomic mass is 9.92. The van der Waals surface area contributed by atoms with Crippen LogP contribution in [0.1, 0.15) is 50.9 Å². The molecule has 1 aliphatic rings. The molecule has 0 aliphatic heterocycles. The lowest BCUT2D eigenvalue weighted by Crippen LogP contribution is -2.37. The SMILES string of the molecule is CC(C)(C)S(=O)NC1CCCc2nc(Cl)ccc21. The Morgan fingerprint density at radius 2 is 2.17 bits per heavy atom. The highest BCUT2D eigenvalue weighted by Crippen LogP contribution is 2.30. The second kappa shape index (κ2) is 5.27. The molecule has 1 aromatic heterocycles. The zero-order valence-corrected chi connectivity index (χ0v) is 12.6. The highest BCUT2D eigenvalue weighted by atomic mass is 35.5. The largest absolute Gasteiger partial charge is 0.242 e. The Balaban J connectivity index is 2.21. The fourth-order valence-electron chi connectivity index (χ4n) is 2.06. The van der Waals surface area contributed by atoms with E-state index in [0.29, 0.717) is 5.15 Å². The van der Waals surface area contributed by atoms with Crippen LogP contribution >= 0.6 is 11.6 Å². The van der Waals surface area contributed by atoms with Crippen molar-refractivity contribution in [2.24, 2.45) is 0 Å². The Labute approximate surface area is 116 Å². The molecule has 2 atom stereocenters. The number of hydrogen-bond donors (Lipinski definition) is 1. The molecule has 0 saturated carbocycles. The molecule has 0 amide bonds. The molecular formula is C13H19ClN2OS. The minimum Gasteiger partial charge on any atom is -0.242 e. The molecule has 0 spiro atoms. The van der Waals surface area contributed by atoms with Crippen molar-refractivity contribution in [2.45, 2.75) is 50.8 Å². The van der Waals surface area contributed by atoms with Crippen LogP contribution in [-0.4, -0.2) is 13.9 Å². The lowest BCUT2D eigenvalue weighted by Gasteiger charge is -2.28. The average molecular weight is 287 g/mol. The van der Waals surface area contributed by atoms with E-state index in [9.17, 15) is 4.21 Å². The van der Waals surface area contributed by atoms with E-state index in [2.05, 4.69) is 9.71 Å². The predicted octanol–water partition coefficient (Wildman–Crippen LogP) is 3.16. The van der Waals surface area contributed by atoms with E-state index in [-0.39, 0.29) is 10.8 Å². The number of halogens is 1. The van der Waals surface area contributed by atoms with Crippen molar-refractivity contribution in [3.63, 3.8) is 0 Å². The molecule has 2 unspecified atom stereocenters. The molecule has 2 rings (SSSR count). The monoisotopic (exact) mass is 286 g/mol. The van der Waals surface area contributed by atoms with Crippen molar-refractivity contribution in [3.8, 4) is 0 Å². The van der Waals surface area contributed by atoms with Gasteiger partial charge in [0.1, 0.15) is 5.15 Å². The summed E-state index contributed by atoms with van der Waals surface area (Å²) in [5, 5.41) is 0.534. The third-order valence-corrected chi connectivity index (χ3v) is 4.88. The third-order valence-electron chi connectivity index (χ3n) is 3.06. The van der Waals surface area contributed by atoms with Gasteiger partial charge in [0.15, 0.2) is 0 Å². The molecule has 0 fully saturated rings. The summed E-state index contributed by atoms with van der Waals surface area (Å²) in [5.74, 6) is 0. The van der Waals surface area contributed by atoms with Gasteiger partial charge >= 0.3 is 0 Å². The Bertz CT molecular complexity index is 471. The van der Waals surface area contributed by atoms with Gasteiger partial charge in [-0.05, 0) is 51.7 Å². The zero-order valence-electron chi connectivity index (χ0n) is 11.0. The van der Waals surface area contributed by atoms with E-state index >= 15 is 0 Å². The highest BCUT2D eigenvalue weighted by molar-refractivity contribution is 7.84. The summed E-state index contributed by atoms with van der Waals surface area (Å²) < 4.78 is 15.1. The molecule has 0 saturated heterocycles. The van der Waals surface area contributed by atoms with E-state index < -0.39 is 11.0 Å². The van der Waals surface area contributed by atoms with E-state index in [0.717, 1.165) is 30.5 Å². The summed E-state index contributed by atoms with van der Waals surface area (Å²) in [6, 6.07) is 3.93. The number of fused-ring (bicyclic) bond motifs is 1. The van der Waals surface area contributed by atoms with Crippen LogP contribution in [0.5, 0.6) is 0 Å². The Morgan fingerprint density at radius 1 is 1.44 bits per heavy atom. The summed E-state index contributed by atoms with van der Waals surface area (Å²) >= 11 is 5.91. The maximum absolute atomic E-state index is 12.2. The van der Waals surface area contributed by atoms with E-state index in [4.69, 9.17) is 11.6 Å². The number of nitrogens with zero attached hydrogens (tertiary/aromatic N) is 1. The highest BCUT2D eigenvalue weighted by Gasteiger charge is 2.27. The fraction of sp³-hybridized carbons (Fsp3) is 0.615. The molecule has 1 aromatic rings. The van der Waals surface area contributed by atoms with E-state index in [1.165, 1.54) is 0 Å². The number of nitrogens with one attached hydrogen (secondary N) is 1. The van der Waals surface area contributed by atoms with Gasteiger partial charge in [0.05, 0.1) is 15.7 Å². The standard InChI is InChI=1S/C13H19ClN2OS/c1-13(2,3)18(17)16-11-6-4-5-10-9(11)7-8-12(14)15-10/h7-8,11,16H,4-6H2,1-3H3. The normalized spacial score (nSPS) is 21.4. The zero-order chi connectivity index (χ0) is 13.3.